The fourth-order valence-electron chi connectivity index (χ4n) is 3.55. The van der Waals surface area contributed by atoms with Gasteiger partial charge in [0.25, 0.3) is 0 Å². The van der Waals surface area contributed by atoms with Crippen molar-refractivity contribution >= 4 is 32.9 Å². The Morgan fingerprint density at radius 3 is 1.70 bits per heavy atom. The van der Waals surface area contributed by atoms with Crippen molar-refractivity contribution in [2.75, 3.05) is 23.9 Å². The molecule has 0 aliphatic heterocycles. The van der Waals surface area contributed by atoms with E-state index < -0.39 is 10.1 Å². The number of benzene rings is 4. The molecule has 0 atom stereocenters. The topological polar surface area (TPSA) is 49.9 Å². The summed E-state index contributed by atoms with van der Waals surface area (Å²) in [6.07, 6.45) is 0. The normalized spacial score (nSPS) is 11.1. The van der Waals surface area contributed by atoms with Crippen molar-refractivity contribution in [1.29, 1.82) is 0 Å². The molecule has 0 aliphatic rings. The molecule has 6 heteroatoms. The molecule has 0 heterocycles. The van der Waals surface area contributed by atoms with E-state index in [4.69, 9.17) is 4.18 Å². The van der Waals surface area contributed by atoms with Gasteiger partial charge in [0.15, 0.2) is 0 Å². The van der Waals surface area contributed by atoms with Gasteiger partial charge in [0.2, 0.25) is 0 Å². The monoisotopic (exact) mass is 458 g/mol. The minimum absolute atomic E-state index is 0.176. The van der Waals surface area contributed by atoms with Crippen molar-refractivity contribution in [3.63, 3.8) is 0 Å². The number of hydrogen-bond donors (Lipinski definition) is 0. The summed E-state index contributed by atoms with van der Waals surface area (Å²) in [6, 6.07) is 34.4. The predicted molar refractivity (Wildman–Crippen MR) is 135 cm³/mol. The summed E-state index contributed by atoms with van der Waals surface area (Å²) in [5.41, 5.74) is 4.67. The lowest BCUT2D eigenvalue weighted by atomic mass is 10.2. The Kier molecular flexibility index (Phi) is 6.66. The lowest BCUT2D eigenvalue weighted by molar-refractivity contribution is 0.485. The molecule has 4 rings (SSSR count). The van der Waals surface area contributed by atoms with Crippen LogP contribution in [0.1, 0.15) is 5.56 Å². The smallest absolute Gasteiger partial charge is 0.313 e. The van der Waals surface area contributed by atoms with E-state index in [1.165, 1.54) is 0 Å². The van der Waals surface area contributed by atoms with E-state index in [-0.39, 0.29) is 11.5 Å². The Labute approximate surface area is 195 Å². The fourth-order valence-corrected chi connectivity index (χ4v) is 4.60. The first-order chi connectivity index (χ1) is 15.9. The molecule has 0 saturated heterocycles. The maximum Gasteiger partial charge on any atom is 0.313 e. The molecule has 0 spiro atoms. The third-order valence-electron chi connectivity index (χ3n) is 5.38. The molecular weight excluding hydrogens is 432 g/mol. The molecule has 33 heavy (non-hydrogen) atoms. The maximum absolute atomic E-state index is 12.5. The highest BCUT2D eigenvalue weighted by Crippen LogP contribution is 2.30. The molecule has 0 unspecified atom stereocenters. The lowest BCUT2D eigenvalue weighted by Gasteiger charge is -2.23. The summed E-state index contributed by atoms with van der Waals surface area (Å²) in [4.78, 5) is 4.11. The molecule has 4 aromatic rings. The molecule has 0 N–H and O–H groups in total. The largest absolute Gasteiger partial charge is 0.382 e. The molecule has 0 bridgehead atoms. The second kappa shape index (κ2) is 9.79. The summed E-state index contributed by atoms with van der Waals surface area (Å²) in [6.45, 7) is 0. The standard InChI is InChI=1S/C27H26N2O3S/c1-28(23-12-7-4-8-13-23)24-16-18-25(19-17-24)29(2)26-14-9-15-27(20-26)32-33(30,31)21-22-10-5-3-6-11-22/h3-20H,21H2,1-2H3. The van der Waals surface area contributed by atoms with Crippen LogP contribution in [-0.4, -0.2) is 22.5 Å². The summed E-state index contributed by atoms with van der Waals surface area (Å²) in [7, 11) is 0.210. The Balaban J connectivity index is 1.48. The van der Waals surface area contributed by atoms with Crippen molar-refractivity contribution in [2.24, 2.45) is 0 Å². The Morgan fingerprint density at radius 1 is 0.606 bits per heavy atom. The highest BCUT2D eigenvalue weighted by atomic mass is 32.2. The first kappa shape index (κ1) is 22.4. The molecule has 168 valence electrons. The fraction of sp³-hybridized carbons (Fsp3) is 0.111. The SMILES string of the molecule is CN(c1ccccc1)c1ccc(N(C)c2cccc(OS(=O)(=O)Cc3ccccc3)c2)cc1. The number of hydrogen-bond acceptors (Lipinski definition) is 5. The molecule has 0 aromatic heterocycles. The van der Waals surface area contributed by atoms with Gasteiger partial charge >= 0.3 is 10.1 Å². The van der Waals surface area contributed by atoms with Crippen molar-refractivity contribution in [3.05, 3.63) is 115 Å². The highest BCUT2D eigenvalue weighted by molar-refractivity contribution is 7.86. The van der Waals surface area contributed by atoms with E-state index in [2.05, 4.69) is 29.2 Å². The van der Waals surface area contributed by atoms with Gasteiger partial charge in [-0.05, 0) is 54.1 Å². The molecule has 0 saturated carbocycles. The van der Waals surface area contributed by atoms with E-state index >= 15 is 0 Å². The zero-order chi connectivity index (χ0) is 23.3. The van der Waals surface area contributed by atoms with Crippen LogP contribution in [0.4, 0.5) is 22.7 Å². The third kappa shape index (κ3) is 5.73. The molecule has 0 amide bonds. The van der Waals surface area contributed by atoms with Crippen LogP contribution in [0.15, 0.2) is 109 Å². The summed E-state index contributed by atoms with van der Waals surface area (Å²) in [5.74, 6) is 0.111. The first-order valence-corrected chi connectivity index (χ1v) is 12.2. The average Bonchev–Trinajstić information content (AvgIpc) is 2.84. The van der Waals surface area contributed by atoms with Crippen LogP contribution in [0.5, 0.6) is 5.75 Å². The highest BCUT2D eigenvalue weighted by Gasteiger charge is 2.15. The molecule has 0 aliphatic carbocycles. The summed E-state index contributed by atoms with van der Waals surface area (Å²) < 4.78 is 30.4. The van der Waals surface area contributed by atoms with Crippen LogP contribution in [0.25, 0.3) is 0 Å². The van der Waals surface area contributed by atoms with Crippen molar-refractivity contribution in [3.8, 4) is 5.75 Å². The molecule has 0 radical (unpaired) electrons. The molecular formula is C27H26N2O3S. The van der Waals surface area contributed by atoms with Crippen molar-refractivity contribution in [2.45, 2.75) is 5.75 Å². The van der Waals surface area contributed by atoms with Gasteiger partial charge in [-0.2, -0.15) is 8.42 Å². The van der Waals surface area contributed by atoms with E-state index in [0.717, 1.165) is 22.7 Å². The van der Waals surface area contributed by atoms with E-state index in [0.29, 0.717) is 5.56 Å². The van der Waals surface area contributed by atoms with Gasteiger partial charge in [0.05, 0.1) is 0 Å². The first-order valence-electron chi connectivity index (χ1n) is 10.6. The van der Waals surface area contributed by atoms with E-state index in [1.807, 2.05) is 73.6 Å². The minimum Gasteiger partial charge on any atom is -0.382 e. The quantitative estimate of drug-likeness (QED) is 0.297. The van der Waals surface area contributed by atoms with Gasteiger partial charge in [0.1, 0.15) is 11.5 Å². The second-order valence-electron chi connectivity index (χ2n) is 7.74. The van der Waals surface area contributed by atoms with Gasteiger partial charge in [0, 0.05) is 42.9 Å². The van der Waals surface area contributed by atoms with Gasteiger partial charge in [-0.25, -0.2) is 0 Å². The summed E-state index contributed by atoms with van der Waals surface area (Å²) in [5, 5.41) is 0. The zero-order valence-corrected chi connectivity index (χ0v) is 19.4. The number of anilines is 4. The molecule has 4 aromatic carbocycles. The third-order valence-corrected chi connectivity index (χ3v) is 6.52. The van der Waals surface area contributed by atoms with Crippen LogP contribution in [0, 0.1) is 0 Å². The van der Waals surface area contributed by atoms with Crippen molar-refractivity contribution in [1.82, 2.24) is 0 Å². The Bertz CT molecular complexity index is 1290. The Morgan fingerprint density at radius 2 is 1.09 bits per heavy atom. The number of nitrogens with zero attached hydrogens (tertiary/aromatic N) is 2. The van der Waals surface area contributed by atoms with E-state index in [1.54, 1.807) is 30.3 Å². The van der Waals surface area contributed by atoms with Crippen LogP contribution in [0.2, 0.25) is 0 Å². The number of para-hydroxylation sites is 1. The van der Waals surface area contributed by atoms with Crippen LogP contribution in [0.3, 0.4) is 0 Å². The maximum atomic E-state index is 12.5. The van der Waals surface area contributed by atoms with Gasteiger partial charge < -0.3 is 14.0 Å². The predicted octanol–water partition coefficient (Wildman–Crippen LogP) is 6.13. The van der Waals surface area contributed by atoms with Crippen LogP contribution >= 0.6 is 0 Å². The van der Waals surface area contributed by atoms with Crippen LogP contribution in [-0.2, 0) is 15.9 Å². The zero-order valence-electron chi connectivity index (χ0n) is 18.6. The van der Waals surface area contributed by atoms with Crippen LogP contribution < -0.4 is 14.0 Å². The minimum atomic E-state index is -3.76. The van der Waals surface area contributed by atoms with E-state index in [9.17, 15) is 8.42 Å². The molecule has 5 nitrogen and oxygen atoms in total. The van der Waals surface area contributed by atoms with Gasteiger partial charge in [-0.1, -0.05) is 54.6 Å². The second-order valence-corrected chi connectivity index (χ2v) is 9.31. The van der Waals surface area contributed by atoms with Gasteiger partial charge in [-0.3, -0.25) is 0 Å². The number of rotatable bonds is 8. The molecule has 0 fully saturated rings. The van der Waals surface area contributed by atoms with Crippen molar-refractivity contribution < 1.29 is 12.6 Å². The summed E-state index contributed by atoms with van der Waals surface area (Å²) >= 11 is 0. The average molecular weight is 459 g/mol. The lowest BCUT2D eigenvalue weighted by Crippen LogP contribution is -2.13. The van der Waals surface area contributed by atoms with Gasteiger partial charge in [-0.15, -0.1) is 0 Å². The Hall–Kier alpha value is -3.77.